The normalized spacial score (nSPS) is 20.3. The first-order chi connectivity index (χ1) is 8.40. The Bertz CT molecular complexity index is 358. The van der Waals surface area contributed by atoms with Gasteiger partial charge in [0.05, 0.1) is 17.4 Å². The molecular weight excluding hydrogens is 228 g/mol. The first-order valence-corrected chi connectivity index (χ1v) is 6.21. The molecule has 0 aliphatic carbocycles. The Morgan fingerprint density at radius 1 is 1.28 bits per heavy atom. The maximum absolute atomic E-state index is 10.3. The molecule has 5 nitrogen and oxygen atoms in total. The Balaban J connectivity index is 0.000000269. The summed E-state index contributed by atoms with van der Waals surface area (Å²) in [5.74, 6) is 0. The molecule has 1 aromatic heterocycles. The van der Waals surface area contributed by atoms with Crippen LogP contribution in [0.15, 0.2) is 23.8 Å². The van der Waals surface area contributed by atoms with Crippen LogP contribution in [0.3, 0.4) is 0 Å². The SMILES string of the molecule is CC1(C)CCCC(C)(C)N1N=C=O.c1c[nH]cn1. The summed E-state index contributed by atoms with van der Waals surface area (Å²) in [6, 6.07) is 0. The van der Waals surface area contributed by atoms with Gasteiger partial charge < -0.3 is 4.98 Å². The van der Waals surface area contributed by atoms with E-state index in [1.54, 1.807) is 24.8 Å². The highest BCUT2D eigenvalue weighted by atomic mass is 16.1. The van der Waals surface area contributed by atoms with E-state index in [1.165, 1.54) is 6.42 Å². The fraction of sp³-hybridized carbons (Fsp3) is 0.692. The summed E-state index contributed by atoms with van der Waals surface area (Å²) in [6.45, 7) is 8.48. The molecule has 18 heavy (non-hydrogen) atoms. The predicted molar refractivity (Wildman–Crippen MR) is 70.6 cm³/mol. The third-order valence-electron chi connectivity index (χ3n) is 3.27. The van der Waals surface area contributed by atoms with Gasteiger partial charge in [-0.2, -0.15) is 0 Å². The van der Waals surface area contributed by atoms with E-state index in [9.17, 15) is 4.79 Å². The Hall–Kier alpha value is -1.61. The fourth-order valence-electron chi connectivity index (χ4n) is 2.51. The van der Waals surface area contributed by atoms with E-state index in [-0.39, 0.29) is 11.1 Å². The molecule has 0 radical (unpaired) electrons. The first-order valence-electron chi connectivity index (χ1n) is 6.21. The number of nitrogens with one attached hydrogen (secondary N) is 1. The zero-order valence-corrected chi connectivity index (χ0v) is 11.6. The van der Waals surface area contributed by atoms with Gasteiger partial charge in [-0.05, 0) is 47.0 Å². The van der Waals surface area contributed by atoms with E-state index in [4.69, 9.17) is 0 Å². The molecule has 1 aromatic rings. The number of isocyanates is 1. The van der Waals surface area contributed by atoms with E-state index < -0.39 is 0 Å². The Morgan fingerprint density at radius 3 is 2.22 bits per heavy atom. The molecule has 0 aromatic carbocycles. The van der Waals surface area contributed by atoms with Crippen molar-refractivity contribution in [2.45, 2.75) is 58.0 Å². The monoisotopic (exact) mass is 250 g/mol. The molecule has 0 unspecified atom stereocenters. The van der Waals surface area contributed by atoms with Gasteiger partial charge in [-0.3, -0.25) is 5.01 Å². The zero-order valence-electron chi connectivity index (χ0n) is 11.6. The topological polar surface area (TPSA) is 61.4 Å². The van der Waals surface area contributed by atoms with Gasteiger partial charge in [0.1, 0.15) is 0 Å². The number of rotatable bonds is 1. The van der Waals surface area contributed by atoms with Crippen molar-refractivity contribution in [2.75, 3.05) is 0 Å². The number of H-pyrrole nitrogens is 1. The second-order valence-corrected chi connectivity index (χ2v) is 5.74. The number of hydrogen-bond donors (Lipinski definition) is 1. The molecule has 1 aliphatic heterocycles. The Labute approximate surface area is 108 Å². The van der Waals surface area contributed by atoms with Crippen molar-refractivity contribution in [1.82, 2.24) is 15.0 Å². The Morgan fingerprint density at radius 2 is 1.89 bits per heavy atom. The molecule has 0 spiro atoms. The van der Waals surface area contributed by atoms with Gasteiger partial charge >= 0.3 is 0 Å². The highest BCUT2D eigenvalue weighted by molar-refractivity contribution is 5.32. The molecular formula is C13H22N4O. The number of aromatic amines is 1. The van der Waals surface area contributed by atoms with Crippen LogP contribution in [0, 0.1) is 0 Å². The van der Waals surface area contributed by atoms with E-state index in [2.05, 4.69) is 42.8 Å². The summed E-state index contributed by atoms with van der Waals surface area (Å²) < 4.78 is 0. The van der Waals surface area contributed by atoms with Crippen molar-refractivity contribution in [3.63, 3.8) is 0 Å². The van der Waals surface area contributed by atoms with Crippen molar-refractivity contribution >= 4 is 6.08 Å². The van der Waals surface area contributed by atoms with Crippen LogP contribution in [0.25, 0.3) is 0 Å². The summed E-state index contributed by atoms with van der Waals surface area (Å²) in [5, 5.41) is 5.72. The van der Waals surface area contributed by atoms with Gasteiger partial charge in [-0.15, -0.1) is 0 Å². The first kappa shape index (κ1) is 14.5. The fourth-order valence-corrected chi connectivity index (χ4v) is 2.51. The molecule has 0 saturated carbocycles. The van der Waals surface area contributed by atoms with Crippen LogP contribution in [-0.2, 0) is 4.79 Å². The summed E-state index contributed by atoms with van der Waals surface area (Å²) in [4.78, 5) is 16.7. The third kappa shape index (κ3) is 3.70. The van der Waals surface area contributed by atoms with E-state index in [0.717, 1.165) is 12.8 Å². The van der Waals surface area contributed by atoms with Crippen molar-refractivity contribution in [1.29, 1.82) is 0 Å². The Kier molecular flexibility index (Phi) is 4.68. The average molecular weight is 250 g/mol. The molecule has 1 aliphatic rings. The quantitative estimate of drug-likeness (QED) is 0.615. The lowest BCUT2D eigenvalue weighted by Gasteiger charge is -2.49. The molecule has 1 saturated heterocycles. The van der Waals surface area contributed by atoms with E-state index in [1.807, 2.05) is 5.01 Å². The van der Waals surface area contributed by atoms with Gasteiger partial charge in [0.15, 0.2) is 0 Å². The smallest absolute Gasteiger partial charge is 0.258 e. The second kappa shape index (κ2) is 5.83. The lowest BCUT2D eigenvalue weighted by atomic mass is 9.82. The number of carbonyl (C=O) groups excluding carboxylic acids is 1. The summed E-state index contributed by atoms with van der Waals surface area (Å²) in [5.41, 5.74) is -0.0294. The predicted octanol–water partition coefficient (Wildman–Crippen LogP) is 2.69. The number of piperidine rings is 1. The van der Waals surface area contributed by atoms with Crippen LogP contribution < -0.4 is 0 Å². The third-order valence-corrected chi connectivity index (χ3v) is 3.27. The maximum Gasteiger partial charge on any atom is 0.258 e. The van der Waals surface area contributed by atoms with Crippen LogP contribution in [0.5, 0.6) is 0 Å². The van der Waals surface area contributed by atoms with Crippen LogP contribution in [0.1, 0.15) is 47.0 Å². The zero-order chi connectivity index (χ0) is 13.6. The standard InChI is InChI=1S/C10H18N2O.C3H4N2/c1-9(2)6-5-7-10(3,4)12(9)11-8-13;1-2-5-3-4-1/h5-7H2,1-4H3;1-3H,(H,4,5). The van der Waals surface area contributed by atoms with Gasteiger partial charge in [-0.1, -0.05) is 5.10 Å². The molecule has 5 heteroatoms. The van der Waals surface area contributed by atoms with Crippen molar-refractivity contribution in [3.8, 4) is 0 Å². The van der Waals surface area contributed by atoms with Crippen LogP contribution in [0.2, 0.25) is 0 Å². The van der Waals surface area contributed by atoms with Crippen molar-refractivity contribution in [2.24, 2.45) is 5.10 Å². The highest BCUT2D eigenvalue weighted by Crippen LogP contribution is 2.37. The van der Waals surface area contributed by atoms with Crippen LogP contribution in [-0.4, -0.2) is 32.1 Å². The maximum atomic E-state index is 10.3. The average Bonchev–Trinajstić information content (AvgIpc) is 2.81. The number of hydrogen-bond acceptors (Lipinski definition) is 4. The van der Waals surface area contributed by atoms with Gasteiger partial charge in [0, 0.05) is 12.4 Å². The molecule has 0 atom stereocenters. The van der Waals surface area contributed by atoms with Crippen molar-refractivity contribution < 1.29 is 4.79 Å². The summed E-state index contributed by atoms with van der Waals surface area (Å²) in [6.07, 6.45) is 10.1. The minimum atomic E-state index is -0.0147. The van der Waals surface area contributed by atoms with Gasteiger partial charge in [0.25, 0.3) is 6.08 Å². The number of imidazole rings is 1. The van der Waals surface area contributed by atoms with Crippen LogP contribution in [0.4, 0.5) is 0 Å². The molecule has 0 amide bonds. The molecule has 0 bridgehead atoms. The lowest BCUT2D eigenvalue weighted by molar-refractivity contribution is -0.0246. The number of aromatic nitrogens is 2. The van der Waals surface area contributed by atoms with Crippen LogP contribution >= 0.6 is 0 Å². The number of hydrazone groups is 1. The summed E-state index contributed by atoms with van der Waals surface area (Å²) >= 11 is 0. The molecule has 100 valence electrons. The second-order valence-electron chi connectivity index (χ2n) is 5.74. The van der Waals surface area contributed by atoms with Crippen molar-refractivity contribution in [3.05, 3.63) is 18.7 Å². The molecule has 2 rings (SSSR count). The lowest BCUT2D eigenvalue weighted by Crippen LogP contribution is -2.55. The largest absolute Gasteiger partial charge is 0.351 e. The molecule has 1 fully saturated rings. The molecule has 2 heterocycles. The van der Waals surface area contributed by atoms with Gasteiger partial charge in [0.2, 0.25) is 0 Å². The van der Waals surface area contributed by atoms with E-state index >= 15 is 0 Å². The van der Waals surface area contributed by atoms with Gasteiger partial charge in [-0.25, -0.2) is 9.78 Å². The minimum absolute atomic E-state index is 0.0147. The highest BCUT2D eigenvalue weighted by Gasteiger charge is 2.40. The molecule has 1 N–H and O–H groups in total. The number of nitrogens with zero attached hydrogens (tertiary/aromatic N) is 3. The minimum Gasteiger partial charge on any atom is -0.351 e. The van der Waals surface area contributed by atoms with E-state index in [0.29, 0.717) is 0 Å². The summed E-state index contributed by atoms with van der Waals surface area (Å²) in [7, 11) is 0.